The van der Waals surface area contributed by atoms with Crippen molar-refractivity contribution in [3.63, 3.8) is 0 Å². The summed E-state index contributed by atoms with van der Waals surface area (Å²) in [6.07, 6.45) is 1.39. The zero-order valence-corrected chi connectivity index (χ0v) is 9.78. The SMILES string of the molecule is N#CC1(CO)C[C@@H]2[C@H](C1)[C@H]1CS(=O)(=O)C[C@@H]21. The van der Waals surface area contributed by atoms with Gasteiger partial charge in [-0.3, -0.25) is 0 Å². The Balaban J connectivity index is 1.83. The first-order chi connectivity index (χ1) is 7.50. The van der Waals surface area contributed by atoms with Gasteiger partial charge in [0.25, 0.3) is 0 Å². The van der Waals surface area contributed by atoms with E-state index in [1.54, 1.807) is 0 Å². The van der Waals surface area contributed by atoms with E-state index in [0.29, 0.717) is 36.2 Å². The molecule has 0 spiro atoms. The summed E-state index contributed by atoms with van der Waals surface area (Å²) in [5.41, 5.74) is -0.580. The Bertz CT molecular complexity index is 438. The topological polar surface area (TPSA) is 78.2 Å². The zero-order valence-electron chi connectivity index (χ0n) is 8.96. The molecular weight excluding hydrogens is 226 g/mol. The van der Waals surface area contributed by atoms with Crippen LogP contribution >= 0.6 is 0 Å². The van der Waals surface area contributed by atoms with E-state index in [0.717, 1.165) is 0 Å². The first-order valence-corrected chi connectivity index (χ1v) is 7.55. The molecule has 16 heavy (non-hydrogen) atoms. The lowest BCUT2D eigenvalue weighted by Gasteiger charge is -2.43. The highest BCUT2D eigenvalue weighted by atomic mass is 32.2. The lowest BCUT2D eigenvalue weighted by Crippen LogP contribution is -2.42. The third kappa shape index (κ3) is 1.20. The summed E-state index contributed by atoms with van der Waals surface area (Å²) < 4.78 is 23.0. The zero-order chi connectivity index (χ0) is 11.6. The number of sulfone groups is 1. The molecule has 1 heterocycles. The molecule has 0 aromatic carbocycles. The van der Waals surface area contributed by atoms with Gasteiger partial charge in [0.1, 0.15) is 0 Å². The van der Waals surface area contributed by atoms with Crippen LogP contribution in [-0.2, 0) is 9.84 Å². The average molecular weight is 241 g/mol. The van der Waals surface area contributed by atoms with Crippen molar-refractivity contribution in [2.45, 2.75) is 12.8 Å². The summed E-state index contributed by atoms with van der Waals surface area (Å²) >= 11 is 0. The lowest BCUT2D eigenvalue weighted by atomic mass is 9.60. The Morgan fingerprint density at radius 1 is 1.19 bits per heavy atom. The fraction of sp³-hybridized carbons (Fsp3) is 0.909. The summed E-state index contributed by atoms with van der Waals surface area (Å²) in [4.78, 5) is 0. The van der Waals surface area contributed by atoms with E-state index in [2.05, 4.69) is 6.07 Å². The van der Waals surface area contributed by atoms with Crippen molar-refractivity contribution in [3.8, 4) is 6.07 Å². The second kappa shape index (κ2) is 2.99. The number of aliphatic hydroxyl groups is 1. The summed E-state index contributed by atoms with van der Waals surface area (Å²) in [6.45, 7) is -0.0807. The van der Waals surface area contributed by atoms with Crippen LogP contribution in [0.5, 0.6) is 0 Å². The summed E-state index contributed by atoms with van der Waals surface area (Å²) in [6, 6.07) is 2.24. The average Bonchev–Trinajstić information content (AvgIpc) is 2.73. The lowest BCUT2D eigenvalue weighted by molar-refractivity contribution is 0.0462. The molecule has 1 unspecified atom stereocenters. The second-order valence-corrected chi connectivity index (χ2v) is 7.84. The van der Waals surface area contributed by atoms with Crippen molar-refractivity contribution in [2.75, 3.05) is 18.1 Å². The number of fused-ring (bicyclic) bond motifs is 4. The van der Waals surface area contributed by atoms with Gasteiger partial charge in [-0.05, 0) is 36.5 Å². The molecule has 3 aliphatic rings. The predicted molar refractivity (Wildman–Crippen MR) is 57.0 cm³/mol. The standard InChI is InChI=1S/C11H15NO3S/c12-5-11(6-13)1-7-8(2-11)10-4-16(14,15)3-9(7)10/h7-10,13H,1-4,6H2/t7-,8+,9+,10-,11?. The number of nitrogens with zero attached hydrogens (tertiary/aromatic N) is 1. The quantitative estimate of drug-likeness (QED) is 0.711. The molecule has 5 heteroatoms. The van der Waals surface area contributed by atoms with Crippen LogP contribution in [0.4, 0.5) is 0 Å². The van der Waals surface area contributed by atoms with Crippen LogP contribution < -0.4 is 0 Å². The Morgan fingerprint density at radius 2 is 1.69 bits per heavy atom. The maximum absolute atomic E-state index is 11.5. The van der Waals surface area contributed by atoms with Crippen LogP contribution in [0, 0.1) is 40.4 Å². The smallest absolute Gasteiger partial charge is 0.150 e. The van der Waals surface area contributed by atoms with Gasteiger partial charge < -0.3 is 5.11 Å². The third-order valence-electron chi connectivity index (χ3n) is 4.89. The van der Waals surface area contributed by atoms with Crippen LogP contribution in [0.15, 0.2) is 0 Å². The first-order valence-electron chi connectivity index (χ1n) is 5.73. The molecule has 4 nitrogen and oxygen atoms in total. The van der Waals surface area contributed by atoms with Crippen LogP contribution in [0.25, 0.3) is 0 Å². The fourth-order valence-electron chi connectivity index (χ4n) is 4.12. The normalized spacial score (nSPS) is 52.5. The van der Waals surface area contributed by atoms with Crippen molar-refractivity contribution in [3.05, 3.63) is 0 Å². The molecule has 0 radical (unpaired) electrons. The van der Waals surface area contributed by atoms with E-state index in [1.807, 2.05) is 0 Å². The minimum atomic E-state index is -2.82. The van der Waals surface area contributed by atoms with Gasteiger partial charge in [-0.1, -0.05) is 0 Å². The highest BCUT2D eigenvalue weighted by molar-refractivity contribution is 7.91. The second-order valence-electron chi connectivity index (χ2n) is 5.69. The van der Waals surface area contributed by atoms with Gasteiger partial charge in [0.2, 0.25) is 0 Å². The van der Waals surface area contributed by atoms with Crippen molar-refractivity contribution >= 4 is 9.84 Å². The van der Waals surface area contributed by atoms with Crippen LogP contribution in [-0.4, -0.2) is 31.6 Å². The largest absolute Gasteiger partial charge is 0.395 e. The molecule has 0 amide bonds. The summed E-state index contributed by atoms with van der Waals surface area (Å²) in [5, 5.41) is 18.4. The van der Waals surface area contributed by atoms with E-state index in [1.165, 1.54) is 0 Å². The predicted octanol–water partition coefficient (Wildman–Crippen LogP) is 0.189. The molecule has 88 valence electrons. The molecule has 3 rings (SSSR count). The van der Waals surface area contributed by atoms with Gasteiger partial charge in [-0.2, -0.15) is 5.26 Å². The molecule has 0 aromatic rings. The number of hydrogen-bond donors (Lipinski definition) is 1. The molecule has 2 aliphatic carbocycles. The number of hydrogen-bond acceptors (Lipinski definition) is 4. The molecule has 1 saturated heterocycles. The Hall–Kier alpha value is -0.600. The fourth-order valence-corrected chi connectivity index (χ4v) is 6.42. The molecule has 2 saturated carbocycles. The summed E-state index contributed by atoms with van der Waals surface area (Å²) in [7, 11) is -2.82. The Kier molecular flexibility index (Phi) is 1.97. The van der Waals surface area contributed by atoms with Gasteiger partial charge in [0, 0.05) is 0 Å². The van der Waals surface area contributed by atoms with E-state index in [4.69, 9.17) is 5.26 Å². The van der Waals surface area contributed by atoms with Gasteiger partial charge >= 0.3 is 0 Å². The molecule has 0 aromatic heterocycles. The Morgan fingerprint density at radius 3 is 2.06 bits per heavy atom. The van der Waals surface area contributed by atoms with Crippen LogP contribution in [0.1, 0.15) is 12.8 Å². The minimum Gasteiger partial charge on any atom is -0.395 e. The highest BCUT2D eigenvalue weighted by Crippen LogP contribution is 2.63. The maximum atomic E-state index is 11.5. The maximum Gasteiger partial charge on any atom is 0.150 e. The monoisotopic (exact) mass is 241 g/mol. The summed E-state index contributed by atoms with van der Waals surface area (Å²) in [5.74, 6) is 1.91. The van der Waals surface area contributed by atoms with Gasteiger partial charge in [-0.25, -0.2) is 8.42 Å². The number of rotatable bonds is 1. The minimum absolute atomic E-state index is 0.0807. The van der Waals surface area contributed by atoms with Gasteiger partial charge in [0.15, 0.2) is 9.84 Å². The highest BCUT2D eigenvalue weighted by Gasteiger charge is 2.63. The van der Waals surface area contributed by atoms with Crippen molar-refractivity contribution in [1.82, 2.24) is 0 Å². The van der Waals surface area contributed by atoms with Crippen LogP contribution in [0.2, 0.25) is 0 Å². The van der Waals surface area contributed by atoms with Crippen LogP contribution in [0.3, 0.4) is 0 Å². The van der Waals surface area contributed by atoms with Gasteiger partial charge in [-0.15, -0.1) is 0 Å². The molecular formula is C11H15NO3S. The first kappa shape index (κ1) is 10.5. The molecule has 5 atom stereocenters. The third-order valence-corrected chi connectivity index (χ3v) is 6.67. The van der Waals surface area contributed by atoms with Gasteiger partial charge in [0.05, 0.1) is 29.6 Å². The van der Waals surface area contributed by atoms with Crippen molar-refractivity contribution < 1.29 is 13.5 Å². The number of nitriles is 1. The molecule has 1 N–H and O–H groups in total. The van der Waals surface area contributed by atoms with E-state index in [-0.39, 0.29) is 18.4 Å². The molecule has 1 aliphatic heterocycles. The Labute approximate surface area is 95.2 Å². The van der Waals surface area contributed by atoms with E-state index in [9.17, 15) is 13.5 Å². The molecule has 0 bridgehead atoms. The van der Waals surface area contributed by atoms with Crippen molar-refractivity contribution in [1.29, 1.82) is 5.26 Å². The molecule has 3 fully saturated rings. The van der Waals surface area contributed by atoms with E-state index < -0.39 is 15.3 Å². The number of aliphatic hydroxyl groups excluding tert-OH is 1. The van der Waals surface area contributed by atoms with E-state index >= 15 is 0 Å². The van der Waals surface area contributed by atoms with Crippen molar-refractivity contribution in [2.24, 2.45) is 29.1 Å².